The summed E-state index contributed by atoms with van der Waals surface area (Å²) in [5.41, 5.74) is 2.11. The van der Waals surface area contributed by atoms with Gasteiger partial charge >= 0.3 is 0 Å². The first-order valence-corrected chi connectivity index (χ1v) is 8.21. The summed E-state index contributed by atoms with van der Waals surface area (Å²) in [6, 6.07) is 7.09. The summed E-state index contributed by atoms with van der Waals surface area (Å²) in [5, 5.41) is 6.98. The van der Waals surface area contributed by atoms with Gasteiger partial charge in [-0.15, -0.1) is 0 Å². The highest BCUT2D eigenvalue weighted by atomic mass is 16.1. The van der Waals surface area contributed by atoms with Gasteiger partial charge in [-0.2, -0.15) is 5.10 Å². The molecule has 8 nitrogen and oxygen atoms in total. The van der Waals surface area contributed by atoms with Crippen LogP contribution in [0.25, 0.3) is 11.3 Å². The van der Waals surface area contributed by atoms with Gasteiger partial charge in [0, 0.05) is 44.7 Å². The molecule has 0 saturated carbocycles. The van der Waals surface area contributed by atoms with Crippen molar-refractivity contribution in [1.29, 1.82) is 0 Å². The molecule has 0 aliphatic heterocycles. The number of benzene rings is 1. The molecule has 26 heavy (non-hydrogen) atoms. The first-order valence-electron chi connectivity index (χ1n) is 8.21. The maximum atomic E-state index is 12.6. The molecule has 1 N–H and O–H groups in total. The van der Waals surface area contributed by atoms with Crippen molar-refractivity contribution in [3.05, 3.63) is 54.4 Å². The SMILES string of the molecule is C[C@H](NC(=O)c1cccc(-c2nccnc2N(C)C)c1)c1ncnn1C. The van der Waals surface area contributed by atoms with E-state index >= 15 is 0 Å². The highest BCUT2D eigenvalue weighted by Crippen LogP contribution is 2.26. The number of amides is 1. The number of carbonyl (C=O) groups is 1. The molecule has 0 saturated heterocycles. The van der Waals surface area contributed by atoms with Crippen LogP contribution in [0, 0.1) is 0 Å². The number of aromatic nitrogens is 5. The lowest BCUT2D eigenvalue weighted by Gasteiger charge is -2.16. The molecule has 2 heterocycles. The van der Waals surface area contributed by atoms with Crippen molar-refractivity contribution in [3.63, 3.8) is 0 Å². The van der Waals surface area contributed by atoms with Crippen LogP contribution in [0.3, 0.4) is 0 Å². The third-order valence-electron chi connectivity index (χ3n) is 3.98. The van der Waals surface area contributed by atoms with Crippen LogP contribution >= 0.6 is 0 Å². The Morgan fingerprint density at radius 3 is 2.65 bits per heavy atom. The number of nitrogens with zero attached hydrogens (tertiary/aromatic N) is 6. The summed E-state index contributed by atoms with van der Waals surface area (Å²) in [4.78, 5) is 27.5. The zero-order valence-electron chi connectivity index (χ0n) is 15.2. The number of anilines is 1. The molecule has 0 radical (unpaired) electrons. The van der Waals surface area contributed by atoms with Gasteiger partial charge in [-0.1, -0.05) is 12.1 Å². The van der Waals surface area contributed by atoms with Gasteiger partial charge in [0.05, 0.1) is 6.04 Å². The molecule has 3 rings (SSSR count). The zero-order chi connectivity index (χ0) is 18.7. The van der Waals surface area contributed by atoms with E-state index in [1.165, 1.54) is 6.33 Å². The molecule has 2 aromatic heterocycles. The topological polar surface area (TPSA) is 88.8 Å². The van der Waals surface area contributed by atoms with E-state index in [0.29, 0.717) is 11.4 Å². The summed E-state index contributed by atoms with van der Waals surface area (Å²) in [6.07, 6.45) is 4.76. The Morgan fingerprint density at radius 2 is 1.96 bits per heavy atom. The van der Waals surface area contributed by atoms with Crippen LogP contribution in [-0.2, 0) is 7.05 Å². The number of hydrogen-bond acceptors (Lipinski definition) is 6. The molecule has 1 amide bonds. The molecule has 0 unspecified atom stereocenters. The van der Waals surface area contributed by atoms with E-state index in [1.807, 2.05) is 44.1 Å². The van der Waals surface area contributed by atoms with Gasteiger partial charge < -0.3 is 10.2 Å². The van der Waals surface area contributed by atoms with E-state index in [4.69, 9.17) is 0 Å². The van der Waals surface area contributed by atoms with Crippen LogP contribution in [0.2, 0.25) is 0 Å². The first kappa shape index (κ1) is 17.5. The molecule has 1 aromatic carbocycles. The van der Waals surface area contributed by atoms with Crippen LogP contribution in [-0.4, -0.2) is 44.7 Å². The molecular formula is C18H21N7O. The summed E-state index contributed by atoms with van der Waals surface area (Å²) in [5.74, 6) is 1.26. The molecule has 134 valence electrons. The number of aryl methyl sites for hydroxylation is 1. The second-order valence-electron chi connectivity index (χ2n) is 6.14. The predicted molar refractivity (Wildman–Crippen MR) is 98.7 cm³/mol. The largest absolute Gasteiger partial charge is 0.361 e. The van der Waals surface area contributed by atoms with Crippen molar-refractivity contribution in [2.75, 3.05) is 19.0 Å². The summed E-state index contributed by atoms with van der Waals surface area (Å²) >= 11 is 0. The standard InChI is InChI=1S/C18H21N7O/c1-12(16-21-11-22-25(16)4)23-18(26)14-7-5-6-13(10-14)15-17(24(2)3)20-9-8-19-15/h5-12H,1-4H3,(H,23,26)/t12-/m0/s1. The number of rotatable bonds is 5. The second-order valence-corrected chi connectivity index (χ2v) is 6.14. The van der Waals surface area contributed by atoms with E-state index in [1.54, 1.807) is 30.2 Å². The average molecular weight is 351 g/mol. The van der Waals surface area contributed by atoms with Crippen LogP contribution < -0.4 is 10.2 Å². The normalized spacial score (nSPS) is 11.8. The van der Waals surface area contributed by atoms with Gasteiger partial charge in [0.2, 0.25) is 0 Å². The maximum Gasteiger partial charge on any atom is 0.251 e. The smallest absolute Gasteiger partial charge is 0.251 e. The van der Waals surface area contributed by atoms with Crippen molar-refractivity contribution in [2.24, 2.45) is 7.05 Å². The fraction of sp³-hybridized carbons (Fsp3) is 0.278. The van der Waals surface area contributed by atoms with Crippen LogP contribution in [0.5, 0.6) is 0 Å². The average Bonchev–Trinajstić information content (AvgIpc) is 3.08. The summed E-state index contributed by atoms with van der Waals surface area (Å²) in [7, 11) is 5.61. The van der Waals surface area contributed by atoms with E-state index in [9.17, 15) is 4.79 Å². The summed E-state index contributed by atoms with van der Waals surface area (Å²) in [6.45, 7) is 1.87. The van der Waals surface area contributed by atoms with Crippen molar-refractivity contribution in [1.82, 2.24) is 30.0 Å². The van der Waals surface area contributed by atoms with Crippen molar-refractivity contribution in [3.8, 4) is 11.3 Å². The van der Waals surface area contributed by atoms with Gasteiger partial charge in [-0.3, -0.25) is 14.5 Å². The Morgan fingerprint density at radius 1 is 1.19 bits per heavy atom. The molecule has 0 fully saturated rings. The second kappa shape index (κ2) is 7.30. The minimum absolute atomic E-state index is 0.183. The van der Waals surface area contributed by atoms with E-state index in [-0.39, 0.29) is 11.9 Å². The Hall–Kier alpha value is -3.29. The summed E-state index contributed by atoms with van der Waals surface area (Å²) < 4.78 is 1.64. The van der Waals surface area contributed by atoms with Gasteiger partial charge in [-0.05, 0) is 19.1 Å². The van der Waals surface area contributed by atoms with Crippen molar-refractivity contribution >= 4 is 11.7 Å². The molecule has 8 heteroatoms. The Kier molecular flexibility index (Phi) is 4.92. The number of carbonyl (C=O) groups excluding carboxylic acids is 1. The highest BCUT2D eigenvalue weighted by Gasteiger charge is 2.17. The fourth-order valence-electron chi connectivity index (χ4n) is 2.71. The van der Waals surface area contributed by atoms with E-state index in [2.05, 4.69) is 25.4 Å². The lowest BCUT2D eigenvalue weighted by molar-refractivity contribution is 0.0937. The molecular weight excluding hydrogens is 330 g/mol. The Labute approximate surface area is 151 Å². The quantitative estimate of drug-likeness (QED) is 0.754. The Bertz CT molecular complexity index is 919. The predicted octanol–water partition coefficient (Wildman–Crippen LogP) is 1.83. The van der Waals surface area contributed by atoms with E-state index in [0.717, 1.165) is 17.1 Å². The van der Waals surface area contributed by atoms with E-state index < -0.39 is 0 Å². The minimum atomic E-state index is -0.257. The highest BCUT2D eigenvalue weighted by molar-refractivity contribution is 5.95. The monoisotopic (exact) mass is 351 g/mol. The first-order chi connectivity index (χ1) is 12.5. The molecule has 0 bridgehead atoms. The van der Waals surface area contributed by atoms with Gasteiger partial charge in [0.15, 0.2) is 5.82 Å². The lowest BCUT2D eigenvalue weighted by atomic mass is 10.1. The van der Waals surface area contributed by atoms with Gasteiger partial charge in [-0.25, -0.2) is 9.97 Å². The molecule has 3 aromatic rings. The van der Waals surface area contributed by atoms with Crippen LogP contribution in [0.4, 0.5) is 5.82 Å². The van der Waals surface area contributed by atoms with Crippen molar-refractivity contribution in [2.45, 2.75) is 13.0 Å². The molecule has 1 atom stereocenters. The molecule has 0 spiro atoms. The van der Waals surface area contributed by atoms with Crippen LogP contribution in [0.1, 0.15) is 29.1 Å². The molecule has 0 aliphatic carbocycles. The number of nitrogens with one attached hydrogen (secondary N) is 1. The maximum absolute atomic E-state index is 12.6. The Balaban J connectivity index is 1.86. The van der Waals surface area contributed by atoms with Gasteiger partial charge in [0.1, 0.15) is 17.8 Å². The zero-order valence-corrected chi connectivity index (χ0v) is 15.2. The third-order valence-corrected chi connectivity index (χ3v) is 3.98. The minimum Gasteiger partial charge on any atom is -0.361 e. The fourth-order valence-corrected chi connectivity index (χ4v) is 2.71. The van der Waals surface area contributed by atoms with Crippen LogP contribution in [0.15, 0.2) is 43.0 Å². The van der Waals surface area contributed by atoms with Crippen molar-refractivity contribution < 1.29 is 4.79 Å². The molecule has 0 aliphatic rings. The third kappa shape index (κ3) is 3.53. The lowest BCUT2D eigenvalue weighted by Crippen LogP contribution is -2.28. The number of hydrogen-bond donors (Lipinski definition) is 1. The van der Waals surface area contributed by atoms with Gasteiger partial charge in [0.25, 0.3) is 5.91 Å².